The number of fused-ring (bicyclic) bond motifs is 1. The molecule has 0 fully saturated rings. The van der Waals surface area contributed by atoms with Crippen LogP contribution in [0.25, 0.3) is 0 Å². The van der Waals surface area contributed by atoms with E-state index in [4.69, 9.17) is 5.73 Å². The van der Waals surface area contributed by atoms with Crippen molar-refractivity contribution in [2.45, 2.75) is 13.0 Å². The van der Waals surface area contributed by atoms with Gasteiger partial charge in [-0.1, -0.05) is 6.07 Å². The predicted molar refractivity (Wildman–Crippen MR) is 66.6 cm³/mol. The lowest BCUT2D eigenvalue weighted by Gasteiger charge is -2.21. The SMILES string of the molecule is Nc1cccc2c1CN(C1=CCC(=O)NC1=O)C2=O. The molecule has 0 unspecified atom stereocenters. The highest BCUT2D eigenvalue weighted by molar-refractivity contribution is 6.11. The lowest BCUT2D eigenvalue weighted by molar-refractivity contribution is -0.129. The highest BCUT2D eigenvalue weighted by Gasteiger charge is 2.35. The average Bonchev–Trinajstić information content (AvgIpc) is 2.69. The normalized spacial score (nSPS) is 18.2. The molecule has 0 aliphatic carbocycles. The van der Waals surface area contributed by atoms with Crippen molar-refractivity contribution in [3.8, 4) is 0 Å². The van der Waals surface area contributed by atoms with Crippen LogP contribution in [0, 0.1) is 0 Å². The molecular formula is C13H11N3O3. The van der Waals surface area contributed by atoms with Gasteiger partial charge in [0.05, 0.1) is 6.54 Å². The maximum Gasteiger partial charge on any atom is 0.274 e. The Morgan fingerprint density at radius 1 is 1.21 bits per heavy atom. The molecule has 3 amide bonds. The second kappa shape index (κ2) is 3.94. The molecule has 3 rings (SSSR count). The first-order chi connectivity index (χ1) is 9.08. The summed E-state index contributed by atoms with van der Waals surface area (Å²) in [4.78, 5) is 36.4. The number of carbonyl (C=O) groups excluding carboxylic acids is 3. The average molecular weight is 257 g/mol. The summed E-state index contributed by atoms with van der Waals surface area (Å²) in [6.45, 7) is 0.258. The van der Waals surface area contributed by atoms with Crippen LogP contribution in [0.5, 0.6) is 0 Å². The molecule has 19 heavy (non-hydrogen) atoms. The minimum atomic E-state index is -0.545. The van der Waals surface area contributed by atoms with E-state index in [1.54, 1.807) is 18.2 Å². The summed E-state index contributed by atoms with van der Waals surface area (Å²) in [5, 5.41) is 2.20. The van der Waals surface area contributed by atoms with Crippen molar-refractivity contribution in [3.63, 3.8) is 0 Å². The van der Waals surface area contributed by atoms with Crippen LogP contribution in [0.3, 0.4) is 0 Å². The third kappa shape index (κ3) is 1.69. The molecule has 0 aromatic heterocycles. The number of imide groups is 1. The zero-order valence-corrected chi connectivity index (χ0v) is 9.97. The van der Waals surface area contributed by atoms with E-state index in [0.717, 1.165) is 5.56 Å². The lowest BCUT2D eigenvalue weighted by atomic mass is 10.1. The summed E-state index contributed by atoms with van der Waals surface area (Å²) < 4.78 is 0. The van der Waals surface area contributed by atoms with E-state index in [9.17, 15) is 14.4 Å². The summed E-state index contributed by atoms with van der Waals surface area (Å²) in [6.07, 6.45) is 1.57. The van der Waals surface area contributed by atoms with Gasteiger partial charge in [-0.3, -0.25) is 24.6 Å². The highest BCUT2D eigenvalue weighted by Crippen LogP contribution is 2.30. The number of amides is 3. The first kappa shape index (κ1) is 11.5. The van der Waals surface area contributed by atoms with E-state index in [-0.39, 0.29) is 30.5 Å². The summed E-state index contributed by atoms with van der Waals surface area (Å²) in [7, 11) is 0. The fraction of sp³-hybridized carbons (Fsp3) is 0.154. The lowest BCUT2D eigenvalue weighted by Crippen LogP contribution is -2.41. The molecule has 6 nitrogen and oxygen atoms in total. The van der Waals surface area contributed by atoms with Crippen molar-refractivity contribution in [2.24, 2.45) is 0 Å². The van der Waals surface area contributed by atoms with E-state index < -0.39 is 5.91 Å². The number of nitrogens with zero attached hydrogens (tertiary/aromatic N) is 1. The zero-order chi connectivity index (χ0) is 13.6. The fourth-order valence-electron chi connectivity index (χ4n) is 2.31. The van der Waals surface area contributed by atoms with Crippen molar-refractivity contribution >= 4 is 23.4 Å². The van der Waals surface area contributed by atoms with Crippen LogP contribution in [-0.4, -0.2) is 22.6 Å². The van der Waals surface area contributed by atoms with E-state index >= 15 is 0 Å². The summed E-state index contributed by atoms with van der Waals surface area (Å²) >= 11 is 0. The van der Waals surface area contributed by atoms with Crippen LogP contribution >= 0.6 is 0 Å². The molecule has 0 atom stereocenters. The quantitative estimate of drug-likeness (QED) is 0.553. The highest BCUT2D eigenvalue weighted by atomic mass is 16.2. The molecule has 2 aliphatic heterocycles. The van der Waals surface area contributed by atoms with Gasteiger partial charge in [0.1, 0.15) is 5.70 Å². The summed E-state index contributed by atoms with van der Waals surface area (Å²) in [5.74, 6) is -1.17. The molecule has 0 saturated heterocycles. The second-order valence-electron chi connectivity index (χ2n) is 4.44. The number of nitrogen functional groups attached to an aromatic ring is 1. The molecule has 96 valence electrons. The Hall–Kier alpha value is -2.63. The minimum Gasteiger partial charge on any atom is -0.398 e. The maximum atomic E-state index is 12.2. The van der Waals surface area contributed by atoms with Gasteiger partial charge in [-0.25, -0.2) is 0 Å². The molecule has 3 N–H and O–H groups in total. The fourth-order valence-corrected chi connectivity index (χ4v) is 2.31. The molecule has 2 aliphatic rings. The second-order valence-corrected chi connectivity index (χ2v) is 4.44. The van der Waals surface area contributed by atoms with E-state index in [0.29, 0.717) is 11.3 Å². The number of nitrogens with two attached hydrogens (primary N) is 1. The van der Waals surface area contributed by atoms with Crippen LogP contribution in [0.2, 0.25) is 0 Å². The molecule has 2 heterocycles. The Balaban J connectivity index is 1.99. The van der Waals surface area contributed by atoms with Crippen molar-refractivity contribution < 1.29 is 14.4 Å². The number of anilines is 1. The molecule has 1 aromatic rings. The number of hydrogen-bond donors (Lipinski definition) is 2. The van der Waals surface area contributed by atoms with Gasteiger partial charge in [0.15, 0.2) is 0 Å². The Kier molecular flexibility index (Phi) is 2.38. The molecule has 1 aromatic carbocycles. The summed E-state index contributed by atoms with van der Waals surface area (Å²) in [6, 6.07) is 5.10. The first-order valence-corrected chi connectivity index (χ1v) is 5.81. The smallest absolute Gasteiger partial charge is 0.274 e. The minimum absolute atomic E-state index is 0.0939. The van der Waals surface area contributed by atoms with Gasteiger partial charge in [-0.15, -0.1) is 0 Å². The van der Waals surface area contributed by atoms with Crippen molar-refractivity contribution in [1.29, 1.82) is 0 Å². The topological polar surface area (TPSA) is 92.5 Å². The van der Waals surface area contributed by atoms with Gasteiger partial charge >= 0.3 is 0 Å². The number of carbonyl (C=O) groups is 3. The summed E-state index contributed by atoms with van der Waals surface area (Å²) in [5.41, 5.74) is 7.79. The maximum absolute atomic E-state index is 12.2. The molecule has 0 bridgehead atoms. The van der Waals surface area contributed by atoms with Crippen LogP contribution in [0.4, 0.5) is 5.69 Å². The molecular weight excluding hydrogens is 246 g/mol. The standard InChI is InChI=1S/C13H11N3O3/c14-9-3-1-2-7-8(9)6-16(13(7)19)10-4-5-11(17)15-12(10)18/h1-4H,5-6,14H2,(H,15,17,18). The first-order valence-electron chi connectivity index (χ1n) is 5.81. The van der Waals surface area contributed by atoms with Gasteiger partial charge in [0.25, 0.3) is 11.8 Å². The van der Waals surface area contributed by atoms with Gasteiger partial charge in [-0.2, -0.15) is 0 Å². The van der Waals surface area contributed by atoms with Gasteiger partial charge in [0, 0.05) is 23.2 Å². The van der Waals surface area contributed by atoms with Crippen molar-refractivity contribution in [1.82, 2.24) is 10.2 Å². The molecule has 0 saturated carbocycles. The van der Waals surface area contributed by atoms with Crippen molar-refractivity contribution in [2.75, 3.05) is 5.73 Å². The third-order valence-electron chi connectivity index (χ3n) is 3.26. The van der Waals surface area contributed by atoms with Crippen LogP contribution < -0.4 is 11.1 Å². The number of benzene rings is 1. The van der Waals surface area contributed by atoms with Gasteiger partial charge in [0.2, 0.25) is 5.91 Å². The Labute approximate surface area is 108 Å². The van der Waals surface area contributed by atoms with Crippen LogP contribution in [-0.2, 0) is 16.1 Å². The van der Waals surface area contributed by atoms with Crippen LogP contribution in [0.15, 0.2) is 30.0 Å². The van der Waals surface area contributed by atoms with Crippen LogP contribution in [0.1, 0.15) is 22.3 Å². The van der Waals surface area contributed by atoms with E-state index in [2.05, 4.69) is 5.32 Å². The largest absolute Gasteiger partial charge is 0.398 e. The zero-order valence-electron chi connectivity index (χ0n) is 9.97. The van der Waals surface area contributed by atoms with Gasteiger partial charge < -0.3 is 5.73 Å². The Bertz CT molecular complexity index is 649. The molecule has 6 heteroatoms. The van der Waals surface area contributed by atoms with E-state index in [1.807, 2.05) is 0 Å². The third-order valence-corrected chi connectivity index (χ3v) is 3.26. The molecule has 0 spiro atoms. The molecule has 0 radical (unpaired) electrons. The number of rotatable bonds is 1. The number of hydrogen-bond acceptors (Lipinski definition) is 4. The Morgan fingerprint density at radius 2 is 2.00 bits per heavy atom. The van der Waals surface area contributed by atoms with E-state index in [1.165, 1.54) is 11.0 Å². The van der Waals surface area contributed by atoms with Gasteiger partial charge in [-0.05, 0) is 18.2 Å². The predicted octanol–water partition coefficient (Wildman–Crippen LogP) is 0.155. The Morgan fingerprint density at radius 3 is 2.68 bits per heavy atom. The van der Waals surface area contributed by atoms with Crippen molar-refractivity contribution in [3.05, 3.63) is 41.1 Å². The number of nitrogens with one attached hydrogen (secondary N) is 1. The monoisotopic (exact) mass is 257 g/mol.